The number of allylic oxidation sites excluding steroid dienone is 1. The van der Waals surface area contributed by atoms with Gasteiger partial charge in [-0.2, -0.15) is 13.5 Å². The lowest BCUT2D eigenvalue weighted by atomic mass is 10.2. The average molecular weight is 518 g/mol. The van der Waals surface area contributed by atoms with E-state index in [-0.39, 0.29) is 5.75 Å². The first-order valence-corrected chi connectivity index (χ1v) is 14.0. The van der Waals surface area contributed by atoms with Crippen molar-refractivity contribution >= 4 is 34.6 Å². The van der Waals surface area contributed by atoms with E-state index in [9.17, 15) is 8.42 Å². The van der Waals surface area contributed by atoms with Gasteiger partial charge in [-0.15, -0.1) is 12.6 Å². The maximum Gasteiger partial charge on any atom is 0.299 e. The zero-order valence-electron chi connectivity index (χ0n) is 19.9. The third kappa shape index (κ3) is 6.38. The second-order valence-corrected chi connectivity index (χ2v) is 10.9. The fraction of sp³-hybridized carbons (Fsp3) is 0.400. The van der Waals surface area contributed by atoms with Crippen molar-refractivity contribution in [2.45, 2.75) is 18.1 Å². The Balaban J connectivity index is 1.47. The van der Waals surface area contributed by atoms with Crippen LogP contribution in [0.2, 0.25) is 0 Å². The van der Waals surface area contributed by atoms with Gasteiger partial charge in [0.15, 0.2) is 11.1 Å². The van der Waals surface area contributed by atoms with Gasteiger partial charge in [0.2, 0.25) is 0 Å². The van der Waals surface area contributed by atoms with Crippen LogP contribution in [0.15, 0.2) is 77.2 Å². The molecule has 2 aromatic rings. The van der Waals surface area contributed by atoms with Crippen LogP contribution in [0.25, 0.3) is 0 Å². The molecule has 2 aromatic carbocycles. The number of nitrogens with one attached hydrogen (secondary N) is 1. The van der Waals surface area contributed by atoms with Crippen LogP contribution in [0.4, 0.5) is 5.69 Å². The maximum atomic E-state index is 13.0. The maximum absolute atomic E-state index is 13.0. The fourth-order valence-electron chi connectivity index (χ4n) is 4.22. The molecule has 0 amide bonds. The monoisotopic (exact) mass is 517 g/mol. The molecule has 1 atom stereocenters. The first-order chi connectivity index (χ1) is 17.0. The van der Waals surface area contributed by atoms with Gasteiger partial charge in [0.1, 0.15) is 25.4 Å². The number of hydrogen-bond acceptors (Lipinski definition) is 8. The summed E-state index contributed by atoms with van der Waals surface area (Å²) < 4.78 is 38.2. The largest absolute Gasteiger partial charge is 0.490 e. The Bertz CT molecular complexity index is 1120. The topological polar surface area (TPSA) is 75.9 Å². The number of thiol groups is 1. The molecule has 1 fully saturated rings. The number of quaternary nitrogens is 1. The highest BCUT2D eigenvalue weighted by Gasteiger charge is 2.35. The van der Waals surface area contributed by atoms with E-state index in [0.717, 1.165) is 16.9 Å². The van der Waals surface area contributed by atoms with Crippen LogP contribution in [0.1, 0.15) is 12.5 Å². The molecule has 1 unspecified atom stereocenters. The van der Waals surface area contributed by atoms with Gasteiger partial charge in [-0.1, -0.05) is 48.5 Å². The summed E-state index contributed by atoms with van der Waals surface area (Å²) in [5.41, 5.74) is 2.57. The van der Waals surface area contributed by atoms with Gasteiger partial charge in [-0.3, -0.25) is 0 Å². The molecule has 0 radical (unpaired) electrons. The summed E-state index contributed by atoms with van der Waals surface area (Å²) in [7, 11) is -3.31. The third-order valence-corrected chi connectivity index (χ3v) is 8.49. The Kier molecular flexibility index (Phi) is 8.72. The van der Waals surface area contributed by atoms with Crippen molar-refractivity contribution in [3.8, 4) is 0 Å². The standard InChI is InChI=1S/C25H32N4O4S2/c1-2-32-17-18-33-24-23(19-26-29(25(24)34)22-11-7-4-8-12-22)27-13-15-28(16-14-27)35(30,31)20-21-9-5-3-6-10-21/h3-12,19,25,34H,2,13-18,20H2,1H3/p+1. The molecule has 35 heavy (non-hydrogen) atoms. The molecule has 10 heteroatoms. The number of anilines is 1. The van der Waals surface area contributed by atoms with Gasteiger partial charge in [0, 0.05) is 6.61 Å². The molecule has 2 heterocycles. The second kappa shape index (κ2) is 11.9. The molecule has 0 spiro atoms. The number of hydrogen-bond donors (Lipinski definition) is 2. The van der Waals surface area contributed by atoms with Crippen molar-refractivity contribution in [3.63, 3.8) is 0 Å². The second-order valence-electron chi connectivity index (χ2n) is 8.36. The molecule has 8 nitrogen and oxygen atoms in total. The summed E-state index contributed by atoms with van der Waals surface area (Å²) in [4.78, 5) is 2.15. The minimum atomic E-state index is -3.31. The van der Waals surface area contributed by atoms with Crippen molar-refractivity contribution in [1.29, 1.82) is 0 Å². The highest BCUT2D eigenvalue weighted by Crippen LogP contribution is 2.30. The molecular formula is C25H33N4O4S2+. The van der Waals surface area contributed by atoms with Crippen molar-refractivity contribution in [1.82, 2.24) is 4.90 Å². The van der Waals surface area contributed by atoms with Crippen LogP contribution in [-0.4, -0.2) is 70.9 Å². The van der Waals surface area contributed by atoms with E-state index in [0.29, 0.717) is 56.1 Å². The number of piperazine rings is 1. The SMILES string of the molecule is CCOCCOC1=C(N2CC[NH+](S(=O)(=O)Cc3ccccc3)CC2)C=NN(c2ccccc2)C1S. The molecule has 4 rings (SSSR count). The Labute approximate surface area is 213 Å². The highest BCUT2D eigenvalue weighted by atomic mass is 32.2. The lowest BCUT2D eigenvalue weighted by molar-refractivity contribution is -0.773. The average Bonchev–Trinajstić information content (AvgIpc) is 2.88. The van der Waals surface area contributed by atoms with Crippen molar-refractivity contribution in [3.05, 3.63) is 77.7 Å². The fourth-order valence-corrected chi connectivity index (χ4v) is 6.26. The zero-order valence-corrected chi connectivity index (χ0v) is 21.6. The Hall–Kier alpha value is -2.53. The highest BCUT2D eigenvalue weighted by molar-refractivity contribution is 7.84. The van der Waals surface area contributed by atoms with Gasteiger partial charge >= 0.3 is 0 Å². The summed E-state index contributed by atoms with van der Waals surface area (Å²) in [6.07, 6.45) is 1.79. The smallest absolute Gasteiger partial charge is 0.299 e. The van der Waals surface area contributed by atoms with E-state index in [1.54, 1.807) is 6.21 Å². The molecule has 0 bridgehead atoms. The quantitative estimate of drug-likeness (QED) is 0.370. The van der Waals surface area contributed by atoms with Crippen LogP contribution >= 0.6 is 12.6 Å². The van der Waals surface area contributed by atoms with E-state index in [1.807, 2.05) is 72.6 Å². The first-order valence-electron chi connectivity index (χ1n) is 11.9. The molecule has 0 aliphatic carbocycles. The normalized spacial score (nSPS) is 19.3. The first kappa shape index (κ1) is 25.6. The molecule has 2 aliphatic heterocycles. The predicted octanol–water partition coefficient (Wildman–Crippen LogP) is 1.74. The molecule has 1 saturated heterocycles. The van der Waals surface area contributed by atoms with Crippen LogP contribution in [0, 0.1) is 0 Å². The number of para-hydroxylation sites is 1. The van der Waals surface area contributed by atoms with Gasteiger partial charge in [0.05, 0.1) is 37.3 Å². The van der Waals surface area contributed by atoms with Crippen molar-refractivity contribution in [2.75, 3.05) is 51.0 Å². The van der Waals surface area contributed by atoms with Crippen LogP contribution in [0.3, 0.4) is 0 Å². The minimum absolute atomic E-state index is 0.0455. The number of benzene rings is 2. The van der Waals surface area contributed by atoms with Gasteiger partial charge in [-0.05, 0) is 24.6 Å². The van der Waals surface area contributed by atoms with Crippen LogP contribution in [0.5, 0.6) is 0 Å². The van der Waals surface area contributed by atoms with Crippen LogP contribution < -0.4 is 9.31 Å². The lowest BCUT2D eigenvalue weighted by Crippen LogP contribution is -3.16. The number of sulfonamides is 1. The van der Waals surface area contributed by atoms with Crippen molar-refractivity contribution in [2.24, 2.45) is 5.10 Å². The van der Waals surface area contributed by atoms with Crippen LogP contribution in [-0.2, 0) is 25.2 Å². The molecular weight excluding hydrogens is 484 g/mol. The lowest BCUT2D eigenvalue weighted by Gasteiger charge is -2.38. The molecule has 0 saturated carbocycles. The molecule has 188 valence electrons. The number of ether oxygens (including phenoxy) is 2. The minimum Gasteiger partial charge on any atom is -0.490 e. The number of nitrogens with zero attached hydrogens (tertiary/aromatic N) is 3. The van der Waals surface area contributed by atoms with Crippen molar-refractivity contribution < 1.29 is 22.2 Å². The molecule has 2 aliphatic rings. The van der Waals surface area contributed by atoms with E-state index >= 15 is 0 Å². The number of rotatable bonds is 10. The summed E-state index contributed by atoms with van der Waals surface area (Å²) in [6, 6.07) is 19.2. The Morgan fingerprint density at radius 1 is 1.03 bits per heavy atom. The zero-order chi connectivity index (χ0) is 24.7. The molecule has 0 aromatic heterocycles. The Morgan fingerprint density at radius 3 is 2.34 bits per heavy atom. The Morgan fingerprint density at radius 2 is 1.69 bits per heavy atom. The van der Waals surface area contributed by atoms with E-state index in [4.69, 9.17) is 22.1 Å². The van der Waals surface area contributed by atoms with Gasteiger partial charge < -0.3 is 14.4 Å². The summed E-state index contributed by atoms with van der Waals surface area (Å²) in [5.74, 6) is 0.742. The van der Waals surface area contributed by atoms with E-state index in [2.05, 4.69) is 10.0 Å². The molecule has 1 N–H and O–H groups in total. The van der Waals surface area contributed by atoms with E-state index in [1.165, 1.54) is 0 Å². The van der Waals surface area contributed by atoms with E-state index < -0.39 is 15.4 Å². The van der Waals surface area contributed by atoms with Gasteiger partial charge in [0.25, 0.3) is 10.0 Å². The predicted molar refractivity (Wildman–Crippen MR) is 141 cm³/mol. The summed E-state index contributed by atoms with van der Waals surface area (Å²) in [6.45, 7) is 5.58. The van der Waals surface area contributed by atoms with Gasteiger partial charge in [-0.25, -0.2) is 9.31 Å². The third-order valence-electron chi connectivity index (χ3n) is 6.03. The summed E-state index contributed by atoms with van der Waals surface area (Å²) >= 11 is 4.85. The number of hydrazone groups is 1. The summed E-state index contributed by atoms with van der Waals surface area (Å²) in [5, 5.41) is 6.05.